The molecule has 2 unspecified atom stereocenters. The SMILES string of the molecule is CN(CC1CCCO1)CC(O)(CN)c1ccccc1. The Morgan fingerprint density at radius 3 is 2.74 bits per heavy atom. The van der Waals surface area contributed by atoms with Crippen LogP contribution in [0.5, 0.6) is 0 Å². The average Bonchev–Trinajstić information content (AvgIpc) is 2.92. The number of nitrogens with zero attached hydrogens (tertiary/aromatic N) is 1. The van der Waals surface area contributed by atoms with Gasteiger partial charge in [-0.3, -0.25) is 0 Å². The summed E-state index contributed by atoms with van der Waals surface area (Å²) in [6.07, 6.45) is 2.54. The standard InChI is InChI=1S/C15H24N2O2/c1-17(10-14-8-5-9-19-14)12-15(18,11-16)13-6-3-2-4-7-13/h2-4,6-7,14,18H,5,8-12,16H2,1H3. The molecule has 1 aliphatic heterocycles. The van der Waals surface area contributed by atoms with E-state index >= 15 is 0 Å². The number of likely N-dealkylation sites (N-methyl/N-ethyl adjacent to an activating group) is 1. The summed E-state index contributed by atoms with van der Waals surface area (Å²) in [7, 11) is 2.01. The van der Waals surface area contributed by atoms with E-state index < -0.39 is 5.60 Å². The summed E-state index contributed by atoms with van der Waals surface area (Å²) >= 11 is 0. The molecule has 0 spiro atoms. The predicted octanol–water partition coefficient (Wildman–Crippen LogP) is 0.944. The smallest absolute Gasteiger partial charge is 0.114 e. The van der Waals surface area contributed by atoms with E-state index in [9.17, 15) is 5.11 Å². The molecule has 1 aliphatic rings. The van der Waals surface area contributed by atoms with Crippen LogP contribution in [0.4, 0.5) is 0 Å². The molecule has 3 N–H and O–H groups in total. The van der Waals surface area contributed by atoms with Gasteiger partial charge in [0.15, 0.2) is 0 Å². The zero-order valence-electron chi connectivity index (χ0n) is 11.6. The Kier molecular flexibility index (Phi) is 4.93. The van der Waals surface area contributed by atoms with Gasteiger partial charge in [-0.2, -0.15) is 0 Å². The number of rotatable bonds is 6. The van der Waals surface area contributed by atoms with Crippen molar-refractivity contribution in [1.29, 1.82) is 0 Å². The highest BCUT2D eigenvalue weighted by Crippen LogP contribution is 2.22. The largest absolute Gasteiger partial charge is 0.382 e. The van der Waals surface area contributed by atoms with Crippen molar-refractivity contribution in [2.45, 2.75) is 24.5 Å². The summed E-state index contributed by atoms with van der Waals surface area (Å²) in [5.74, 6) is 0. The van der Waals surface area contributed by atoms with Crippen LogP contribution in [-0.4, -0.2) is 49.4 Å². The van der Waals surface area contributed by atoms with Crippen molar-refractivity contribution >= 4 is 0 Å². The molecule has 1 aromatic carbocycles. The number of hydrogen-bond acceptors (Lipinski definition) is 4. The molecule has 0 bridgehead atoms. The summed E-state index contributed by atoms with van der Waals surface area (Å²) < 4.78 is 5.62. The third kappa shape index (κ3) is 3.76. The van der Waals surface area contributed by atoms with Crippen LogP contribution in [0.3, 0.4) is 0 Å². The number of hydrogen-bond donors (Lipinski definition) is 2. The van der Waals surface area contributed by atoms with Crippen molar-refractivity contribution in [3.63, 3.8) is 0 Å². The highest BCUT2D eigenvalue weighted by molar-refractivity contribution is 5.23. The second-order valence-corrected chi connectivity index (χ2v) is 5.43. The molecule has 1 fully saturated rings. The Morgan fingerprint density at radius 2 is 2.16 bits per heavy atom. The summed E-state index contributed by atoms with van der Waals surface area (Å²) in [5.41, 5.74) is 5.67. The molecule has 0 amide bonds. The second-order valence-electron chi connectivity index (χ2n) is 5.43. The van der Waals surface area contributed by atoms with Crippen molar-refractivity contribution in [2.75, 3.05) is 33.3 Å². The monoisotopic (exact) mass is 264 g/mol. The lowest BCUT2D eigenvalue weighted by Gasteiger charge is -2.32. The molecule has 0 radical (unpaired) electrons. The molecular formula is C15H24N2O2. The Hall–Kier alpha value is -0.940. The molecule has 106 valence electrons. The number of ether oxygens (including phenoxy) is 1. The highest BCUT2D eigenvalue weighted by atomic mass is 16.5. The van der Waals surface area contributed by atoms with E-state index in [1.54, 1.807) is 0 Å². The van der Waals surface area contributed by atoms with Gasteiger partial charge in [0, 0.05) is 26.2 Å². The number of aliphatic hydroxyl groups is 1. The summed E-state index contributed by atoms with van der Waals surface area (Å²) in [5, 5.41) is 10.7. The van der Waals surface area contributed by atoms with Gasteiger partial charge in [0.2, 0.25) is 0 Å². The molecule has 2 rings (SSSR count). The first-order valence-electron chi connectivity index (χ1n) is 6.92. The molecule has 4 heteroatoms. The molecule has 0 aromatic heterocycles. The average molecular weight is 264 g/mol. The molecular weight excluding hydrogens is 240 g/mol. The summed E-state index contributed by atoms with van der Waals surface area (Å²) in [6.45, 7) is 2.44. The molecule has 19 heavy (non-hydrogen) atoms. The Labute approximate surface area is 115 Å². The fraction of sp³-hybridized carbons (Fsp3) is 0.600. The van der Waals surface area contributed by atoms with Gasteiger partial charge in [-0.1, -0.05) is 30.3 Å². The van der Waals surface area contributed by atoms with E-state index in [0.29, 0.717) is 12.6 Å². The molecule has 4 nitrogen and oxygen atoms in total. The highest BCUT2D eigenvalue weighted by Gasteiger charge is 2.30. The van der Waals surface area contributed by atoms with Gasteiger partial charge in [0.25, 0.3) is 0 Å². The molecule has 1 aromatic rings. The van der Waals surface area contributed by atoms with Crippen LogP contribution in [0.15, 0.2) is 30.3 Å². The molecule has 0 aliphatic carbocycles. The van der Waals surface area contributed by atoms with Crippen molar-refractivity contribution in [3.05, 3.63) is 35.9 Å². The molecule has 1 saturated heterocycles. The minimum Gasteiger partial charge on any atom is -0.382 e. The quantitative estimate of drug-likeness (QED) is 0.803. The van der Waals surface area contributed by atoms with E-state index in [-0.39, 0.29) is 6.54 Å². The first-order chi connectivity index (χ1) is 9.14. The third-order valence-electron chi connectivity index (χ3n) is 3.72. The van der Waals surface area contributed by atoms with Crippen LogP contribution in [0, 0.1) is 0 Å². The van der Waals surface area contributed by atoms with Crippen LogP contribution in [-0.2, 0) is 10.3 Å². The lowest BCUT2D eigenvalue weighted by Crippen LogP contribution is -2.46. The maximum Gasteiger partial charge on any atom is 0.114 e. The van der Waals surface area contributed by atoms with Crippen molar-refractivity contribution in [1.82, 2.24) is 4.90 Å². The minimum atomic E-state index is -0.991. The van der Waals surface area contributed by atoms with Crippen molar-refractivity contribution in [3.8, 4) is 0 Å². The van der Waals surface area contributed by atoms with Gasteiger partial charge in [-0.25, -0.2) is 0 Å². The van der Waals surface area contributed by atoms with Crippen LogP contribution in [0.1, 0.15) is 18.4 Å². The maximum absolute atomic E-state index is 10.7. The molecule has 0 saturated carbocycles. The fourth-order valence-electron chi connectivity index (χ4n) is 2.67. The van der Waals surface area contributed by atoms with E-state index in [2.05, 4.69) is 4.90 Å². The van der Waals surface area contributed by atoms with Gasteiger partial charge in [-0.05, 0) is 25.5 Å². The lowest BCUT2D eigenvalue weighted by atomic mass is 9.93. The first kappa shape index (κ1) is 14.5. The lowest BCUT2D eigenvalue weighted by molar-refractivity contribution is -0.00135. The van der Waals surface area contributed by atoms with Gasteiger partial charge in [0.05, 0.1) is 6.10 Å². The normalized spacial score (nSPS) is 22.6. The van der Waals surface area contributed by atoms with Gasteiger partial charge < -0.3 is 20.5 Å². The number of benzene rings is 1. The van der Waals surface area contributed by atoms with Gasteiger partial charge >= 0.3 is 0 Å². The first-order valence-corrected chi connectivity index (χ1v) is 6.92. The van der Waals surface area contributed by atoms with E-state index in [4.69, 9.17) is 10.5 Å². The van der Waals surface area contributed by atoms with Gasteiger partial charge in [0.1, 0.15) is 5.60 Å². The van der Waals surface area contributed by atoms with Crippen LogP contribution < -0.4 is 5.73 Å². The zero-order valence-corrected chi connectivity index (χ0v) is 11.6. The maximum atomic E-state index is 10.7. The van der Waals surface area contributed by atoms with Crippen LogP contribution in [0.2, 0.25) is 0 Å². The van der Waals surface area contributed by atoms with Gasteiger partial charge in [-0.15, -0.1) is 0 Å². The number of nitrogens with two attached hydrogens (primary N) is 1. The van der Waals surface area contributed by atoms with E-state index in [1.807, 2.05) is 37.4 Å². The van der Waals surface area contributed by atoms with Crippen molar-refractivity contribution < 1.29 is 9.84 Å². The van der Waals surface area contributed by atoms with E-state index in [0.717, 1.165) is 31.6 Å². The topological polar surface area (TPSA) is 58.7 Å². The predicted molar refractivity (Wildman–Crippen MR) is 75.9 cm³/mol. The Morgan fingerprint density at radius 1 is 1.42 bits per heavy atom. The molecule has 2 atom stereocenters. The Bertz CT molecular complexity index is 379. The van der Waals surface area contributed by atoms with E-state index in [1.165, 1.54) is 0 Å². The summed E-state index contributed by atoms with van der Waals surface area (Å²) in [4.78, 5) is 2.11. The Balaban J connectivity index is 1.97. The van der Waals surface area contributed by atoms with Crippen LogP contribution in [0.25, 0.3) is 0 Å². The summed E-state index contributed by atoms with van der Waals surface area (Å²) in [6, 6.07) is 9.64. The fourth-order valence-corrected chi connectivity index (χ4v) is 2.67. The minimum absolute atomic E-state index is 0.215. The zero-order chi connectivity index (χ0) is 13.7. The third-order valence-corrected chi connectivity index (χ3v) is 3.72. The molecule has 1 heterocycles. The van der Waals surface area contributed by atoms with Crippen LogP contribution >= 0.6 is 0 Å². The second kappa shape index (κ2) is 6.48. The van der Waals surface area contributed by atoms with Crippen molar-refractivity contribution in [2.24, 2.45) is 5.73 Å².